The highest BCUT2D eigenvalue weighted by Gasteiger charge is 2.45. The van der Waals surface area contributed by atoms with Crippen molar-refractivity contribution in [2.45, 2.75) is 50.7 Å². The van der Waals surface area contributed by atoms with Crippen LogP contribution >= 0.6 is 0 Å². The zero-order valence-electron chi connectivity index (χ0n) is 17.6. The van der Waals surface area contributed by atoms with Gasteiger partial charge in [-0.15, -0.1) is 0 Å². The fourth-order valence-electron chi connectivity index (χ4n) is 4.55. The molecule has 1 atom stereocenters. The summed E-state index contributed by atoms with van der Waals surface area (Å²) in [7, 11) is 0. The zero-order valence-corrected chi connectivity index (χ0v) is 17.6. The molecule has 0 spiro atoms. The summed E-state index contributed by atoms with van der Waals surface area (Å²) in [6.45, 7) is 4.29. The molecular weight excluding hydrogens is 415 g/mol. The van der Waals surface area contributed by atoms with Crippen LogP contribution < -0.4 is 5.56 Å². The van der Waals surface area contributed by atoms with Gasteiger partial charge in [-0.1, -0.05) is 12.1 Å². The van der Waals surface area contributed by atoms with Gasteiger partial charge in [0, 0.05) is 12.0 Å². The summed E-state index contributed by atoms with van der Waals surface area (Å²) in [5.74, 6) is 0.0448. The molecule has 4 aromatic rings. The lowest BCUT2D eigenvalue weighted by Crippen LogP contribution is -2.39. The third kappa shape index (κ3) is 2.45. The number of fused-ring (bicyclic) bond motifs is 3. The van der Waals surface area contributed by atoms with Crippen LogP contribution in [0, 0.1) is 17.1 Å². The first-order valence-electron chi connectivity index (χ1n) is 10.5. The van der Waals surface area contributed by atoms with E-state index in [0.717, 1.165) is 19.3 Å². The van der Waals surface area contributed by atoms with Crippen LogP contribution in [0.5, 0.6) is 0 Å². The van der Waals surface area contributed by atoms with E-state index in [0.29, 0.717) is 24.4 Å². The Labute approximate surface area is 181 Å². The van der Waals surface area contributed by atoms with Crippen molar-refractivity contribution in [1.82, 2.24) is 24.1 Å². The molecule has 1 aliphatic heterocycles. The highest BCUT2D eigenvalue weighted by Crippen LogP contribution is 2.47. The van der Waals surface area contributed by atoms with Crippen LogP contribution in [-0.2, 0) is 15.9 Å². The van der Waals surface area contributed by atoms with Crippen molar-refractivity contribution < 1.29 is 13.7 Å². The Morgan fingerprint density at radius 2 is 2.03 bits per heavy atom. The van der Waals surface area contributed by atoms with Crippen LogP contribution in [-0.4, -0.2) is 30.7 Å². The zero-order chi connectivity index (χ0) is 22.3. The smallest absolute Gasteiger partial charge is 0.280 e. The second-order valence-electron chi connectivity index (χ2n) is 8.97. The molecule has 1 aliphatic carbocycles. The van der Waals surface area contributed by atoms with Crippen molar-refractivity contribution in [2.24, 2.45) is 0 Å². The fraction of sp³-hybridized carbons (Fsp3) is 0.409. The van der Waals surface area contributed by atoms with Crippen molar-refractivity contribution in [2.75, 3.05) is 6.61 Å². The lowest BCUT2D eigenvalue weighted by Gasteiger charge is -2.28. The van der Waals surface area contributed by atoms with E-state index < -0.39 is 17.1 Å². The summed E-state index contributed by atoms with van der Waals surface area (Å²) in [6.07, 6.45) is 4.69. The summed E-state index contributed by atoms with van der Waals surface area (Å²) in [5, 5.41) is 13.8. The molecule has 1 saturated carbocycles. The number of rotatable bonds is 3. The van der Waals surface area contributed by atoms with Gasteiger partial charge >= 0.3 is 0 Å². The molecule has 0 N–H and O–H groups in total. The summed E-state index contributed by atoms with van der Waals surface area (Å²) in [6, 6.07) is 4.66. The first-order valence-corrected chi connectivity index (χ1v) is 10.5. The van der Waals surface area contributed by atoms with E-state index in [-0.39, 0.29) is 33.5 Å². The summed E-state index contributed by atoms with van der Waals surface area (Å²) < 4.78 is 28.9. The number of hydrogen-bond donors (Lipinski definition) is 0. The summed E-state index contributed by atoms with van der Waals surface area (Å²) >= 11 is 0. The Morgan fingerprint density at radius 3 is 2.72 bits per heavy atom. The van der Waals surface area contributed by atoms with Gasteiger partial charge in [-0.3, -0.25) is 13.8 Å². The highest BCUT2D eigenvalue weighted by molar-refractivity contribution is 5.87. The molecule has 0 amide bonds. The lowest BCUT2D eigenvalue weighted by atomic mass is 10.1. The van der Waals surface area contributed by atoms with Crippen LogP contribution in [0.15, 0.2) is 27.8 Å². The van der Waals surface area contributed by atoms with Gasteiger partial charge in [-0.05, 0) is 44.7 Å². The molecule has 3 aromatic heterocycles. The Balaban J connectivity index is 1.72. The van der Waals surface area contributed by atoms with Crippen LogP contribution in [0.25, 0.3) is 28.1 Å². The number of aromatic nitrogens is 5. The van der Waals surface area contributed by atoms with Gasteiger partial charge in [0.1, 0.15) is 40.7 Å². The SMILES string of the molecule is CC1(c2nc(-c3ncn4c3c(=O)n(C3(C)CCCO3)c3c(C#N)c(F)ccc34)no2)CC1. The van der Waals surface area contributed by atoms with Crippen molar-refractivity contribution in [3.63, 3.8) is 0 Å². The molecule has 2 fully saturated rings. The first-order chi connectivity index (χ1) is 15.4. The predicted octanol–water partition coefficient (Wildman–Crippen LogP) is 3.24. The summed E-state index contributed by atoms with van der Waals surface area (Å²) in [4.78, 5) is 22.8. The number of nitriles is 1. The second-order valence-corrected chi connectivity index (χ2v) is 8.97. The standard InChI is InChI=1S/C22H19FN6O3/c1-21(7-8-21)20-26-18(27-32-20)15-17-19(30)29(22(2)6-3-9-31-22)16-12(10-24)13(23)4-5-14(16)28(17)11-25-15/h4-5,11H,3,6-9H2,1-2H3. The molecule has 0 bridgehead atoms. The Morgan fingerprint density at radius 1 is 1.22 bits per heavy atom. The van der Waals surface area contributed by atoms with E-state index in [1.807, 2.05) is 13.0 Å². The van der Waals surface area contributed by atoms with E-state index in [1.54, 1.807) is 11.3 Å². The van der Waals surface area contributed by atoms with Gasteiger partial charge in [0.15, 0.2) is 0 Å². The molecule has 2 aliphatic rings. The van der Waals surface area contributed by atoms with E-state index in [1.165, 1.54) is 23.0 Å². The average Bonchev–Trinajstić information content (AvgIpc) is 3.19. The average molecular weight is 434 g/mol. The maximum Gasteiger partial charge on any atom is 0.280 e. The quantitative estimate of drug-likeness (QED) is 0.487. The third-order valence-electron chi connectivity index (χ3n) is 6.70. The number of halogens is 1. The van der Waals surface area contributed by atoms with Crippen molar-refractivity contribution >= 4 is 16.6 Å². The van der Waals surface area contributed by atoms with Crippen LogP contribution in [0.4, 0.5) is 4.39 Å². The fourth-order valence-corrected chi connectivity index (χ4v) is 4.55. The highest BCUT2D eigenvalue weighted by atomic mass is 19.1. The monoisotopic (exact) mass is 434 g/mol. The number of ether oxygens (including phenoxy) is 1. The molecule has 9 nitrogen and oxygen atoms in total. The minimum Gasteiger partial charge on any atom is -0.355 e. The lowest BCUT2D eigenvalue weighted by molar-refractivity contribution is -0.0448. The van der Waals surface area contributed by atoms with Gasteiger partial charge < -0.3 is 9.26 Å². The normalized spacial score (nSPS) is 21.9. The second kappa shape index (κ2) is 6.23. The number of nitrogens with zero attached hydrogens (tertiary/aromatic N) is 6. The van der Waals surface area contributed by atoms with Gasteiger partial charge in [-0.2, -0.15) is 10.2 Å². The Hall–Kier alpha value is -3.58. The molecule has 6 rings (SSSR count). The van der Waals surface area contributed by atoms with Crippen molar-refractivity contribution in [1.29, 1.82) is 5.26 Å². The largest absolute Gasteiger partial charge is 0.355 e. The molecule has 32 heavy (non-hydrogen) atoms. The molecule has 0 radical (unpaired) electrons. The predicted molar refractivity (Wildman–Crippen MR) is 110 cm³/mol. The van der Waals surface area contributed by atoms with Crippen LogP contribution in [0.2, 0.25) is 0 Å². The maximum absolute atomic E-state index is 14.6. The van der Waals surface area contributed by atoms with E-state index in [2.05, 4.69) is 15.1 Å². The topological polar surface area (TPSA) is 111 Å². The van der Waals surface area contributed by atoms with Gasteiger partial charge in [0.25, 0.3) is 5.56 Å². The van der Waals surface area contributed by atoms with E-state index >= 15 is 0 Å². The molecule has 4 heterocycles. The molecule has 1 saturated heterocycles. The molecule has 1 unspecified atom stereocenters. The van der Waals surface area contributed by atoms with E-state index in [9.17, 15) is 14.4 Å². The summed E-state index contributed by atoms with van der Waals surface area (Å²) in [5.41, 5.74) is -0.687. The minimum atomic E-state index is -1.03. The van der Waals surface area contributed by atoms with Crippen molar-refractivity contribution in [3.05, 3.63) is 46.1 Å². The molecule has 10 heteroatoms. The number of benzene rings is 1. The van der Waals surface area contributed by atoms with Crippen LogP contribution in [0.3, 0.4) is 0 Å². The maximum atomic E-state index is 14.6. The van der Waals surface area contributed by atoms with Crippen molar-refractivity contribution in [3.8, 4) is 17.6 Å². The number of imidazole rings is 1. The minimum absolute atomic E-state index is 0.127. The molecular formula is C22H19FN6O3. The van der Waals surface area contributed by atoms with Gasteiger partial charge in [-0.25, -0.2) is 9.37 Å². The Bertz CT molecular complexity index is 1510. The first kappa shape index (κ1) is 19.1. The molecule has 1 aromatic carbocycles. The number of hydrogen-bond acceptors (Lipinski definition) is 7. The van der Waals surface area contributed by atoms with E-state index in [4.69, 9.17) is 9.26 Å². The van der Waals surface area contributed by atoms with Gasteiger partial charge in [0.05, 0.1) is 11.0 Å². The van der Waals surface area contributed by atoms with Crippen LogP contribution in [0.1, 0.15) is 51.0 Å². The third-order valence-corrected chi connectivity index (χ3v) is 6.70. The molecule has 162 valence electrons. The Kier molecular flexibility index (Phi) is 3.73. The van der Waals surface area contributed by atoms with Gasteiger partial charge in [0.2, 0.25) is 11.7 Å².